The Hall–Kier alpha value is -3.39. The molecule has 5 nitrogen and oxygen atoms in total. The fourth-order valence-corrected chi connectivity index (χ4v) is 2.28. The molecule has 0 unspecified atom stereocenters. The highest BCUT2D eigenvalue weighted by Gasteiger charge is 1.96. The highest BCUT2D eigenvalue weighted by Crippen LogP contribution is 2.21. The van der Waals surface area contributed by atoms with Crippen LogP contribution in [0.3, 0.4) is 0 Å². The van der Waals surface area contributed by atoms with Gasteiger partial charge in [0.15, 0.2) is 0 Å². The van der Waals surface area contributed by atoms with Crippen molar-refractivity contribution < 1.29 is 4.74 Å². The first-order chi connectivity index (χ1) is 12.3. The summed E-state index contributed by atoms with van der Waals surface area (Å²) in [5.74, 6) is 0.824. The SMILES string of the molecule is N#Cc1ccc(N=Nc2ccc(OCCCn3cccc3)cc2)cc1. The van der Waals surface area contributed by atoms with Crippen LogP contribution >= 0.6 is 0 Å². The molecule has 0 N–H and O–H groups in total. The molecule has 124 valence electrons. The van der Waals surface area contributed by atoms with Crippen LogP contribution < -0.4 is 4.74 Å². The summed E-state index contributed by atoms with van der Waals surface area (Å²) in [4.78, 5) is 0. The van der Waals surface area contributed by atoms with Crippen molar-refractivity contribution in [3.05, 3.63) is 78.6 Å². The van der Waals surface area contributed by atoms with E-state index in [4.69, 9.17) is 10.00 Å². The van der Waals surface area contributed by atoms with E-state index in [9.17, 15) is 0 Å². The van der Waals surface area contributed by atoms with Gasteiger partial charge in [-0.05, 0) is 67.1 Å². The summed E-state index contributed by atoms with van der Waals surface area (Å²) in [5.41, 5.74) is 2.07. The Morgan fingerprint density at radius 2 is 1.48 bits per heavy atom. The van der Waals surface area contributed by atoms with Crippen molar-refractivity contribution in [2.75, 3.05) is 6.61 Å². The average molecular weight is 330 g/mol. The molecule has 25 heavy (non-hydrogen) atoms. The molecule has 0 radical (unpaired) electrons. The highest BCUT2D eigenvalue weighted by atomic mass is 16.5. The third-order valence-electron chi connectivity index (χ3n) is 3.61. The number of aromatic nitrogens is 1. The van der Waals surface area contributed by atoms with Crippen molar-refractivity contribution >= 4 is 11.4 Å². The van der Waals surface area contributed by atoms with Gasteiger partial charge in [-0.2, -0.15) is 15.5 Å². The van der Waals surface area contributed by atoms with Gasteiger partial charge in [-0.15, -0.1) is 0 Å². The van der Waals surface area contributed by atoms with E-state index in [1.165, 1.54) is 0 Å². The number of aryl methyl sites for hydroxylation is 1. The van der Waals surface area contributed by atoms with E-state index in [1.54, 1.807) is 24.3 Å². The van der Waals surface area contributed by atoms with E-state index >= 15 is 0 Å². The molecule has 1 aromatic heterocycles. The quantitative estimate of drug-likeness (QED) is 0.439. The molecular weight excluding hydrogens is 312 g/mol. The first kappa shape index (κ1) is 16.5. The summed E-state index contributed by atoms with van der Waals surface area (Å²) in [6.45, 7) is 1.62. The van der Waals surface area contributed by atoms with Gasteiger partial charge >= 0.3 is 0 Å². The predicted octanol–water partition coefficient (Wildman–Crippen LogP) is 5.24. The minimum atomic E-state index is 0.609. The van der Waals surface area contributed by atoms with Crippen molar-refractivity contribution in [2.24, 2.45) is 10.2 Å². The Balaban J connectivity index is 1.47. The Bertz CT molecular complexity index is 844. The van der Waals surface area contributed by atoms with E-state index < -0.39 is 0 Å². The minimum absolute atomic E-state index is 0.609. The number of azo groups is 1. The molecule has 3 rings (SSSR count). The minimum Gasteiger partial charge on any atom is -0.494 e. The monoisotopic (exact) mass is 330 g/mol. The van der Waals surface area contributed by atoms with Crippen molar-refractivity contribution in [3.8, 4) is 11.8 Å². The lowest BCUT2D eigenvalue weighted by Crippen LogP contribution is -2.02. The lowest BCUT2D eigenvalue weighted by atomic mass is 10.2. The van der Waals surface area contributed by atoms with Crippen LogP contribution in [0.5, 0.6) is 5.75 Å². The van der Waals surface area contributed by atoms with Gasteiger partial charge in [0, 0.05) is 18.9 Å². The average Bonchev–Trinajstić information content (AvgIpc) is 3.18. The molecular formula is C20H18N4O. The van der Waals surface area contributed by atoms with Crippen molar-refractivity contribution in [1.29, 1.82) is 5.26 Å². The Morgan fingerprint density at radius 1 is 0.880 bits per heavy atom. The second-order valence-electron chi connectivity index (χ2n) is 5.48. The first-order valence-corrected chi connectivity index (χ1v) is 8.09. The van der Waals surface area contributed by atoms with Gasteiger partial charge < -0.3 is 9.30 Å². The number of benzene rings is 2. The number of hydrogen-bond donors (Lipinski definition) is 0. The van der Waals surface area contributed by atoms with Crippen LogP contribution in [0.2, 0.25) is 0 Å². The number of rotatable bonds is 7. The molecule has 1 heterocycles. The van der Waals surface area contributed by atoms with Crippen molar-refractivity contribution in [2.45, 2.75) is 13.0 Å². The van der Waals surface area contributed by atoms with Crippen molar-refractivity contribution in [1.82, 2.24) is 4.57 Å². The summed E-state index contributed by atoms with van der Waals surface area (Å²) in [5, 5.41) is 17.1. The van der Waals surface area contributed by atoms with Gasteiger partial charge in [0.1, 0.15) is 5.75 Å². The second-order valence-corrected chi connectivity index (χ2v) is 5.48. The fourth-order valence-electron chi connectivity index (χ4n) is 2.28. The Morgan fingerprint density at radius 3 is 2.08 bits per heavy atom. The van der Waals surface area contributed by atoms with Crippen LogP contribution in [0, 0.1) is 11.3 Å². The molecule has 5 heteroatoms. The molecule has 0 atom stereocenters. The van der Waals surface area contributed by atoms with E-state index in [-0.39, 0.29) is 0 Å². The van der Waals surface area contributed by atoms with Crippen LogP contribution in [-0.2, 0) is 6.54 Å². The van der Waals surface area contributed by atoms with E-state index in [0.29, 0.717) is 17.9 Å². The van der Waals surface area contributed by atoms with E-state index in [2.05, 4.69) is 20.9 Å². The maximum atomic E-state index is 8.77. The standard InChI is InChI=1S/C20H18N4O/c21-16-17-4-6-18(7-5-17)22-23-19-8-10-20(11-9-19)25-15-3-14-24-12-1-2-13-24/h1-2,4-13H,3,14-15H2. The summed E-state index contributed by atoms with van der Waals surface area (Å²) >= 11 is 0. The number of nitrogens with zero attached hydrogens (tertiary/aromatic N) is 4. The molecule has 0 fully saturated rings. The van der Waals surface area contributed by atoms with Gasteiger partial charge in [0.25, 0.3) is 0 Å². The molecule has 0 saturated heterocycles. The molecule has 0 saturated carbocycles. The zero-order valence-electron chi connectivity index (χ0n) is 13.7. The number of ether oxygens (including phenoxy) is 1. The largest absolute Gasteiger partial charge is 0.494 e. The molecule has 0 bridgehead atoms. The zero-order valence-corrected chi connectivity index (χ0v) is 13.7. The van der Waals surface area contributed by atoms with Crippen LogP contribution in [0.4, 0.5) is 11.4 Å². The normalized spacial score (nSPS) is 10.7. The third-order valence-corrected chi connectivity index (χ3v) is 3.61. The maximum absolute atomic E-state index is 8.77. The maximum Gasteiger partial charge on any atom is 0.119 e. The number of nitriles is 1. The van der Waals surface area contributed by atoms with Gasteiger partial charge in [-0.1, -0.05) is 0 Å². The van der Waals surface area contributed by atoms with Crippen LogP contribution in [0.15, 0.2) is 83.3 Å². The lowest BCUT2D eigenvalue weighted by molar-refractivity contribution is 0.302. The molecule has 0 spiro atoms. The zero-order chi connectivity index (χ0) is 17.3. The Kier molecular flexibility index (Phi) is 5.57. The molecule has 0 aliphatic rings. The van der Waals surface area contributed by atoms with Crippen LogP contribution in [0.25, 0.3) is 0 Å². The third kappa shape index (κ3) is 5.05. The smallest absolute Gasteiger partial charge is 0.119 e. The number of hydrogen-bond acceptors (Lipinski definition) is 4. The van der Waals surface area contributed by atoms with Gasteiger partial charge in [-0.3, -0.25) is 0 Å². The Labute approximate surface area is 146 Å². The lowest BCUT2D eigenvalue weighted by Gasteiger charge is -2.06. The summed E-state index contributed by atoms with van der Waals surface area (Å²) in [6, 6.07) is 20.6. The molecule has 0 amide bonds. The van der Waals surface area contributed by atoms with Gasteiger partial charge in [0.2, 0.25) is 0 Å². The summed E-state index contributed by atoms with van der Waals surface area (Å²) in [7, 11) is 0. The van der Waals surface area contributed by atoms with Crippen molar-refractivity contribution in [3.63, 3.8) is 0 Å². The first-order valence-electron chi connectivity index (χ1n) is 8.09. The predicted molar refractivity (Wildman–Crippen MR) is 96.3 cm³/mol. The summed E-state index contributed by atoms with van der Waals surface area (Å²) in [6.07, 6.45) is 5.05. The molecule has 3 aromatic rings. The van der Waals surface area contributed by atoms with E-state index in [1.807, 2.05) is 48.8 Å². The molecule has 0 aliphatic heterocycles. The van der Waals surface area contributed by atoms with Crippen LogP contribution in [0.1, 0.15) is 12.0 Å². The molecule has 0 aliphatic carbocycles. The summed E-state index contributed by atoms with van der Waals surface area (Å²) < 4.78 is 7.87. The second kappa shape index (κ2) is 8.46. The van der Waals surface area contributed by atoms with Gasteiger partial charge in [0.05, 0.1) is 29.6 Å². The topological polar surface area (TPSA) is 62.7 Å². The fraction of sp³-hybridized carbons (Fsp3) is 0.150. The van der Waals surface area contributed by atoms with E-state index in [0.717, 1.165) is 24.4 Å². The highest BCUT2D eigenvalue weighted by molar-refractivity contribution is 5.44. The molecule has 2 aromatic carbocycles. The van der Waals surface area contributed by atoms with Gasteiger partial charge in [-0.25, -0.2) is 0 Å². The van der Waals surface area contributed by atoms with Crippen LogP contribution in [-0.4, -0.2) is 11.2 Å².